The highest BCUT2D eigenvalue weighted by atomic mass is 16.3. The number of phenolic OH excluding ortho intramolecular Hbond substituents is 1. The quantitative estimate of drug-likeness (QED) is 0.757. The monoisotopic (exact) mass is 200 g/mol. The van der Waals surface area contributed by atoms with Gasteiger partial charge in [-0.3, -0.25) is 0 Å². The Balaban J connectivity index is 2.71. The summed E-state index contributed by atoms with van der Waals surface area (Å²) in [6.07, 6.45) is 0.932. The minimum absolute atomic E-state index is 0.113. The fraction of sp³-hybridized carbons (Fsp3) is 0.154. The van der Waals surface area contributed by atoms with Gasteiger partial charge in [-0.2, -0.15) is 0 Å². The molecule has 2 rings (SSSR count). The van der Waals surface area contributed by atoms with Crippen LogP contribution in [0, 0.1) is 0 Å². The maximum absolute atomic E-state index is 10.8. The summed E-state index contributed by atoms with van der Waals surface area (Å²) in [7, 11) is 0. The van der Waals surface area contributed by atoms with Crippen LogP contribution in [0.5, 0.6) is 5.75 Å². The first-order chi connectivity index (χ1) is 7.22. The molecule has 0 saturated heterocycles. The molecule has 0 aliphatic heterocycles. The van der Waals surface area contributed by atoms with Gasteiger partial charge in [0.2, 0.25) is 0 Å². The molecule has 2 aromatic rings. The minimum atomic E-state index is -0.113. The summed E-state index contributed by atoms with van der Waals surface area (Å²) in [5.74, 6) is 0.136. The van der Waals surface area contributed by atoms with E-state index < -0.39 is 0 Å². The first kappa shape index (κ1) is 9.71. The van der Waals surface area contributed by atoms with Gasteiger partial charge >= 0.3 is 0 Å². The Kier molecular flexibility index (Phi) is 2.42. The van der Waals surface area contributed by atoms with E-state index in [-0.39, 0.29) is 11.7 Å². The predicted molar refractivity (Wildman–Crippen MR) is 60.1 cm³/mol. The van der Waals surface area contributed by atoms with Gasteiger partial charge in [-0.1, -0.05) is 31.2 Å². The van der Waals surface area contributed by atoms with Gasteiger partial charge in [0, 0.05) is 5.92 Å². The van der Waals surface area contributed by atoms with Gasteiger partial charge in [-0.05, 0) is 28.5 Å². The molecule has 0 radical (unpaired) electrons. The van der Waals surface area contributed by atoms with Crippen LogP contribution >= 0.6 is 0 Å². The van der Waals surface area contributed by atoms with E-state index in [1.165, 1.54) is 0 Å². The number of carbonyl (C=O) groups excluding carboxylic acids is 1. The molecule has 76 valence electrons. The largest absolute Gasteiger partial charge is 0.508 e. The van der Waals surface area contributed by atoms with Crippen LogP contribution in [-0.2, 0) is 4.79 Å². The number of benzene rings is 2. The number of hydrogen-bond acceptors (Lipinski definition) is 2. The normalized spacial score (nSPS) is 12.6. The van der Waals surface area contributed by atoms with Crippen LogP contribution in [0.2, 0.25) is 0 Å². The van der Waals surface area contributed by atoms with Crippen molar-refractivity contribution < 1.29 is 9.90 Å². The van der Waals surface area contributed by atoms with Gasteiger partial charge in [-0.15, -0.1) is 0 Å². The highest BCUT2D eigenvalue weighted by Crippen LogP contribution is 2.27. The Hall–Kier alpha value is -1.83. The molecule has 1 unspecified atom stereocenters. The fourth-order valence-electron chi connectivity index (χ4n) is 1.77. The van der Waals surface area contributed by atoms with Gasteiger partial charge in [0.25, 0.3) is 0 Å². The highest BCUT2D eigenvalue weighted by Gasteiger charge is 2.07. The van der Waals surface area contributed by atoms with Crippen LogP contribution in [0.4, 0.5) is 0 Å². The van der Waals surface area contributed by atoms with Crippen LogP contribution in [0.1, 0.15) is 18.4 Å². The Bertz CT molecular complexity index is 503. The van der Waals surface area contributed by atoms with Crippen LogP contribution < -0.4 is 0 Å². The summed E-state index contributed by atoms with van der Waals surface area (Å²) < 4.78 is 0. The van der Waals surface area contributed by atoms with E-state index in [2.05, 4.69) is 0 Å². The Morgan fingerprint density at radius 3 is 2.80 bits per heavy atom. The Morgan fingerprint density at radius 1 is 1.27 bits per heavy atom. The average molecular weight is 200 g/mol. The van der Waals surface area contributed by atoms with Crippen molar-refractivity contribution in [1.82, 2.24) is 0 Å². The summed E-state index contributed by atoms with van der Waals surface area (Å²) in [5, 5.41) is 11.3. The fourth-order valence-corrected chi connectivity index (χ4v) is 1.77. The Morgan fingerprint density at radius 2 is 2.07 bits per heavy atom. The minimum Gasteiger partial charge on any atom is -0.508 e. The second kappa shape index (κ2) is 3.73. The topological polar surface area (TPSA) is 37.3 Å². The lowest BCUT2D eigenvalue weighted by Crippen LogP contribution is -1.95. The summed E-state index contributed by atoms with van der Waals surface area (Å²) in [6.45, 7) is 1.87. The van der Waals surface area contributed by atoms with Crippen molar-refractivity contribution in [2.24, 2.45) is 0 Å². The third-order valence-corrected chi connectivity index (χ3v) is 2.59. The summed E-state index contributed by atoms with van der Waals surface area (Å²) in [5.41, 5.74) is 1.00. The molecular weight excluding hydrogens is 188 g/mol. The number of fused-ring (bicyclic) bond motifs is 1. The van der Waals surface area contributed by atoms with Crippen LogP contribution in [0.3, 0.4) is 0 Å². The molecule has 2 nitrogen and oxygen atoms in total. The van der Waals surface area contributed by atoms with E-state index >= 15 is 0 Å². The zero-order chi connectivity index (χ0) is 10.8. The van der Waals surface area contributed by atoms with E-state index in [1.807, 2.05) is 31.2 Å². The molecule has 0 heterocycles. The smallest absolute Gasteiger partial charge is 0.127 e. The second-order valence-corrected chi connectivity index (χ2v) is 3.68. The molecule has 0 aliphatic rings. The molecule has 0 fully saturated rings. The third kappa shape index (κ3) is 1.71. The zero-order valence-corrected chi connectivity index (χ0v) is 8.47. The number of aromatic hydroxyl groups is 1. The Labute approximate surface area is 88.2 Å². The molecule has 0 amide bonds. The van der Waals surface area contributed by atoms with Crippen molar-refractivity contribution in [3.8, 4) is 5.75 Å². The van der Waals surface area contributed by atoms with Crippen LogP contribution in [0.15, 0.2) is 36.4 Å². The molecular formula is C13H12O2. The molecule has 0 saturated carbocycles. The molecule has 1 atom stereocenters. The van der Waals surface area contributed by atoms with Crippen molar-refractivity contribution in [3.05, 3.63) is 42.0 Å². The molecule has 0 aliphatic carbocycles. The molecule has 2 heteroatoms. The average Bonchev–Trinajstić information content (AvgIpc) is 2.26. The molecule has 2 aromatic carbocycles. The van der Waals surface area contributed by atoms with Crippen molar-refractivity contribution in [3.63, 3.8) is 0 Å². The summed E-state index contributed by atoms with van der Waals surface area (Å²) in [6, 6.07) is 11.0. The van der Waals surface area contributed by atoms with Crippen molar-refractivity contribution in [1.29, 1.82) is 0 Å². The number of rotatable bonds is 2. The van der Waals surface area contributed by atoms with Gasteiger partial charge in [-0.25, -0.2) is 0 Å². The summed E-state index contributed by atoms with van der Waals surface area (Å²) in [4.78, 5) is 10.8. The predicted octanol–water partition coefficient (Wildman–Crippen LogP) is 2.85. The van der Waals surface area contributed by atoms with Crippen molar-refractivity contribution in [2.75, 3.05) is 0 Å². The van der Waals surface area contributed by atoms with Crippen molar-refractivity contribution in [2.45, 2.75) is 12.8 Å². The molecule has 0 aromatic heterocycles. The SMILES string of the molecule is CC(C=O)c1cccc2cc(O)ccc12. The van der Waals surface area contributed by atoms with Crippen LogP contribution in [0.25, 0.3) is 10.8 Å². The van der Waals surface area contributed by atoms with Gasteiger partial charge in [0.15, 0.2) is 0 Å². The molecule has 15 heavy (non-hydrogen) atoms. The summed E-state index contributed by atoms with van der Waals surface area (Å²) >= 11 is 0. The standard InChI is InChI=1S/C13H12O2/c1-9(8-14)12-4-2-3-10-7-11(15)5-6-13(10)12/h2-9,15H,1H3. The van der Waals surface area contributed by atoms with Gasteiger partial charge in [0.1, 0.15) is 12.0 Å². The van der Waals surface area contributed by atoms with Crippen molar-refractivity contribution >= 4 is 17.1 Å². The van der Waals surface area contributed by atoms with Gasteiger partial charge < -0.3 is 9.90 Å². The maximum Gasteiger partial charge on any atom is 0.127 e. The van der Waals surface area contributed by atoms with Crippen LogP contribution in [-0.4, -0.2) is 11.4 Å². The van der Waals surface area contributed by atoms with Gasteiger partial charge in [0.05, 0.1) is 0 Å². The first-order valence-electron chi connectivity index (χ1n) is 4.89. The zero-order valence-electron chi connectivity index (χ0n) is 8.47. The lowest BCUT2D eigenvalue weighted by molar-refractivity contribution is -0.108. The van der Waals surface area contributed by atoms with E-state index in [0.717, 1.165) is 22.6 Å². The number of carbonyl (C=O) groups is 1. The van der Waals surface area contributed by atoms with E-state index in [0.29, 0.717) is 0 Å². The number of hydrogen-bond donors (Lipinski definition) is 1. The third-order valence-electron chi connectivity index (χ3n) is 2.59. The lowest BCUT2D eigenvalue weighted by atomic mass is 9.96. The highest BCUT2D eigenvalue weighted by molar-refractivity contribution is 5.89. The number of aldehydes is 1. The molecule has 1 N–H and O–H groups in total. The van der Waals surface area contributed by atoms with E-state index in [1.54, 1.807) is 12.1 Å². The lowest BCUT2D eigenvalue weighted by Gasteiger charge is -2.08. The molecule has 0 bridgehead atoms. The number of phenols is 1. The molecule has 0 spiro atoms. The maximum atomic E-state index is 10.8. The van der Waals surface area contributed by atoms with E-state index in [4.69, 9.17) is 0 Å². The first-order valence-corrected chi connectivity index (χ1v) is 4.89. The van der Waals surface area contributed by atoms with E-state index in [9.17, 15) is 9.90 Å². The second-order valence-electron chi connectivity index (χ2n) is 3.68.